The van der Waals surface area contributed by atoms with E-state index in [1.165, 1.54) is 23.1 Å². The molecule has 0 saturated heterocycles. The van der Waals surface area contributed by atoms with Gasteiger partial charge in [0.2, 0.25) is 0 Å². The average molecular weight is 301 g/mol. The van der Waals surface area contributed by atoms with Crippen molar-refractivity contribution in [3.05, 3.63) is 84.2 Å². The molecule has 0 aliphatic rings. The molecule has 4 rings (SSSR count). The van der Waals surface area contributed by atoms with Crippen LogP contribution in [0.15, 0.2) is 72.8 Å². The molecule has 0 fully saturated rings. The van der Waals surface area contributed by atoms with Gasteiger partial charge in [-0.05, 0) is 41.8 Å². The number of aryl methyl sites for hydroxylation is 1. The molecule has 0 unspecified atom stereocenters. The SMILES string of the molecule is Cc1cccc2[nH]c(-c3ccccc3)c(-c3ccc(F)cc3)c12. The summed E-state index contributed by atoms with van der Waals surface area (Å²) < 4.78 is 13.3. The Morgan fingerprint density at radius 2 is 1.48 bits per heavy atom. The maximum absolute atomic E-state index is 13.3. The maximum atomic E-state index is 13.3. The number of hydrogen-bond donors (Lipinski definition) is 1. The van der Waals surface area contributed by atoms with E-state index in [-0.39, 0.29) is 5.82 Å². The minimum absolute atomic E-state index is 0.216. The van der Waals surface area contributed by atoms with Crippen LogP contribution in [0.3, 0.4) is 0 Å². The van der Waals surface area contributed by atoms with Crippen LogP contribution in [0.4, 0.5) is 4.39 Å². The number of aromatic nitrogens is 1. The quantitative estimate of drug-likeness (QED) is 0.471. The predicted octanol–water partition coefficient (Wildman–Crippen LogP) is 5.95. The zero-order valence-corrected chi connectivity index (χ0v) is 12.8. The lowest BCUT2D eigenvalue weighted by Gasteiger charge is -2.07. The Morgan fingerprint density at radius 1 is 0.739 bits per heavy atom. The summed E-state index contributed by atoms with van der Waals surface area (Å²) >= 11 is 0. The van der Waals surface area contributed by atoms with Crippen molar-refractivity contribution in [2.75, 3.05) is 0 Å². The van der Waals surface area contributed by atoms with Gasteiger partial charge < -0.3 is 4.98 Å². The van der Waals surface area contributed by atoms with Crippen molar-refractivity contribution >= 4 is 10.9 Å². The smallest absolute Gasteiger partial charge is 0.123 e. The largest absolute Gasteiger partial charge is 0.354 e. The lowest BCUT2D eigenvalue weighted by Crippen LogP contribution is -1.84. The first-order valence-electron chi connectivity index (χ1n) is 7.67. The van der Waals surface area contributed by atoms with E-state index in [0.29, 0.717) is 0 Å². The van der Waals surface area contributed by atoms with E-state index in [0.717, 1.165) is 27.9 Å². The van der Waals surface area contributed by atoms with Gasteiger partial charge in [0.05, 0.1) is 5.69 Å². The third-order valence-corrected chi connectivity index (χ3v) is 4.23. The lowest BCUT2D eigenvalue weighted by molar-refractivity contribution is 0.628. The summed E-state index contributed by atoms with van der Waals surface area (Å²) in [4.78, 5) is 3.54. The van der Waals surface area contributed by atoms with Gasteiger partial charge in [0.15, 0.2) is 0 Å². The van der Waals surface area contributed by atoms with Crippen LogP contribution in [0.25, 0.3) is 33.3 Å². The molecule has 1 aromatic heterocycles. The van der Waals surface area contributed by atoms with Gasteiger partial charge >= 0.3 is 0 Å². The number of hydrogen-bond acceptors (Lipinski definition) is 0. The Labute approximate surface area is 134 Å². The van der Waals surface area contributed by atoms with Crippen LogP contribution in [-0.4, -0.2) is 4.98 Å². The maximum Gasteiger partial charge on any atom is 0.123 e. The molecule has 0 saturated carbocycles. The summed E-state index contributed by atoms with van der Waals surface area (Å²) in [5.41, 5.74) is 6.66. The van der Waals surface area contributed by atoms with E-state index in [1.807, 2.05) is 30.3 Å². The molecule has 1 N–H and O–H groups in total. The molecule has 0 bridgehead atoms. The fourth-order valence-corrected chi connectivity index (χ4v) is 3.15. The average Bonchev–Trinajstić information content (AvgIpc) is 2.97. The number of nitrogens with one attached hydrogen (secondary N) is 1. The normalized spacial score (nSPS) is 11.0. The van der Waals surface area contributed by atoms with E-state index >= 15 is 0 Å². The molecule has 0 aliphatic heterocycles. The van der Waals surface area contributed by atoms with E-state index in [4.69, 9.17) is 0 Å². The van der Waals surface area contributed by atoms with E-state index < -0.39 is 0 Å². The van der Waals surface area contributed by atoms with Crippen molar-refractivity contribution in [1.29, 1.82) is 0 Å². The second-order valence-corrected chi connectivity index (χ2v) is 5.75. The second kappa shape index (κ2) is 5.40. The summed E-state index contributed by atoms with van der Waals surface area (Å²) in [6.45, 7) is 2.11. The van der Waals surface area contributed by atoms with Crippen LogP contribution >= 0.6 is 0 Å². The Hall–Kier alpha value is -2.87. The number of H-pyrrole nitrogens is 1. The first-order valence-corrected chi connectivity index (χ1v) is 7.67. The highest BCUT2D eigenvalue weighted by Gasteiger charge is 2.16. The Morgan fingerprint density at radius 3 is 2.22 bits per heavy atom. The summed E-state index contributed by atoms with van der Waals surface area (Å²) in [5.74, 6) is -0.216. The summed E-state index contributed by atoms with van der Waals surface area (Å²) in [6, 6.07) is 23.2. The van der Waals surface area contributed by atoms with Crippen molar-refractivity contribution in [3.8, 4) is 22.4 Å². The molecular weight excluding hydrogens is 285 g/mol. The number of aromatic amines is 1. The molecule has 3 aromatic carbocycles. The fourth-order valence-electron chi connectivity index (χ4n) is 3.15. The third kappa shape index (κ3) is 2.33. The van der Waals surface area contributed by atoms with Gasteiger partial charge in [-0.15, -0.1) is 0 Å². The lowest BCUT2D eigenvalue weighted by atomic mass is 9.96. The third-order valence-electron chi connectivity index (χ3n) is 4.23. The Balaban J connectivity index is 2.08. The molecule has 0 amide bonds. The van der Waals surface area contributed by atoms with Gasteiger partial charge in [-0.25, -0.2) is 4.39 Å². The number of rotatable bonds is 2. The Bertz CT molecular complexity index is 966. The Kier molecular flexibility index (Phi) is 3.23. The van der Waals surface area contributed by atoms with Crippen LogP contribution in [0, 0.1) is 12.7 Å². The molecule has 0 radical (unpaired) electrons. The van der Waals surface area contributed by atoms with Crippen LogP contribution in [0.2, 0.25) is 0 Å². The van der Waals surface area contributed by atoms with E-state index in [2.05, 4.69) is 42.2 Å². The van der Waals surface area contributed by atoms with Crippen molar-refractivity contribution in [3.63, 3.8) is 0 Å². The van der Waals surface area contributed by atoms with Gasteiger partial charge in [0.1, 0.15) is 5.82 Å². The highest BCUT2D eigenvalue weighted by atomic mass is 19.1. The number of halogens is 1. The molecule has 1 heterocycles. The van der Waals surface area contributed by atoms with E-state index in [1.54, 1.807) is 0 Å². The summed E-state index contributed by atoms with van der Waals surface area (Å²) in [6.07, 6.45) is 0. The molecule has 23 heavy (non-hydrogen) atoms. The highest BCUT2D eigenvalue weighted by Crippen LogP contribution is 2.39. The van der Waals surface area contributed by atoms with Gasteiger partial charge in [-0.1, -0.05) is 54.6 Å². The first-order chi connectivity index (χ1) is 11.2. The van der Waals surface area contributed by atoms with Crippen LogP contribution in [0.1, 0.15) is 5.56 Å². The minimum Gasteiger partial charge on any atom is -0.354 e. The van der Waals surface area contributed by atoms with Crippen molar-refractivity contribution in [1.82, 2.24) is 4.98 Å². The van der Waals surface area contributed by atoms with Crippen LogP contribution < -0.4 is 0 Å². The molecular formula is C21H16FN. The topological polar surface area (TPSA) is 15.8 Å². The van der Waals surface area contributed by atoms with Crippen molar-refractivity contribution in [2.45, 2.75) is 6.92 Å². The first kappa shape index (κ1) is 13.8. The van der Waals surface area contributed by atoms with Gasteiger partial charge in [-0.2, -0.15) is 0 Å². The van der Waals surface area contributed by atoms with Crippen molar-refractivity contribution in [2.24, 2.45) is 0 Å². The van der Waals surface area contributed by atoms with Crippen LogP contribution in [0.5, 0.6) is 0 Å². The molecule has 2 heteroatoms. The highest BCUT2D eigenvalue weighted by molar-refractivity contribution is 6.05. The van der Waals surface area contributed by atoms with E-state index in [9.17, 15) is 4.39 Å². The molecule has 0 spiro atoms. The number of fused-ring (bicyclic) bond motifs is 1. The molecule has 1 nitrogen and oxygen atoms in total. The summed E-state index contributed by atoms with van der Waals surface area (Å²) in [7, 11) is 0. The van der Waals surface area contributed by atoms with Gasteiger partial charge in [0, 0.05) is 16.5 Å². The minimum atomic E-state index is -0.216. The summed E-state index contributed by atoms with van der Waals surface area (Å²) in [5, 5.41) is 1.19. The predicted molar refractivity (Wildman–Crippen MR) is 93.9 cm³/mol. The van der Waals surface area contributed by atoms with Crippen LogP contribution in [-0.2, 0) is 0 Å². The standard InChI is InChI=1S/C21H16FN/c1-14-6-5-9-18-19(14)20(15-10-12-17(22)13-11-15)21(23-18)16-7-3-2-4-8-16/h2-13,23H,1H3. The molecule has 0 atom stereocenters. The zero-order valence-electron chi connectivity index (χ0n) is 12.8. The molecule has 0 aliphatic carbocycles. The second-order valence-electron chi connectivity index (χ2n) is 5.75. The zero-order chi connectivity index (χ0) is 15.8. The van der Waals surface area contributed by atoms with Crippen molar-refractivity contribution < 1.29 is 4.39 Å². The fraction of sp³-hybridized carbons (Fsp3) is 0.0476. The molecule has 4 aromatic rings. The monoisotopic (exact) mass is 301 g/mol. The van der Waals surface area contributed by atoms with Gasteiger partial charge in [0.25, 0.3) is 0 Å². The molecule has 112 valence electrons. The number of benzene rings is 3. The van der Waals surface area contributed by atoms with Gasteiger partial charge in [-0.3, -0.25) is 0 Å².